The number of alkyl halides is 2. The summed E-state index contributed by atoms with van der Waals surface area (Å²) >= 11 is 0. The molecule has 1 saturated carbocycles. The largest absolute Gasteiger partial charge is 0.481 e. The van der Waals surface area contributed by atoms with Crippen LogP contribution in [0.3, 0.4) is 0 Å². The van der Waals surface area contributed by atoms with E-state index in [4.69, 9.17) is 5.11 Å². The molecule has 5 nitrogen and oxygen atoms in total. The van der Waals surface area contributed by atoms with E-state index in [9.17, 15) is 13.6 Å². The molecule has 2 rings (SSSR count). The van der Waals surface area contributed by atoms with E-state index < -0.39 is 11.9 Å². The number of aliphatic carboxylic acids is 1. The van der Waals surface area contributed by atoms with Gasteiger partial charge in [-0.3, -0.25) is 4.79 Å². The van der Waals surface area contributed by atoms with E-state index in [1.807, 2.05) is 0 Å². The van der Waals surface area contributed by atoms with Gasteiger partial charge in [0, 0.05) is 25.3 Å². The van der Waals surface area contributed by atoms with Crippen LogP contribution in [0.4, 0.5) is 8.78 Å². The zero-order valence-electron chi connectivity index (χ0n) is 9.36. The maximum atomic E-state index is 12.8. The van der Waals surface area contributed by atoms with Crippen molar-refractivity contribution in [3.63, 3.8) is 0 Å². The molecule has 0 amide bonds. The molecule has 1 N–H and O–H groups in total. The molecule has 1 aliphatic carbocycles. The molecule has 1 heterocycles. The van der Waals surface area contributed by atoms with Gasteiger partial charge < -0.3 is 9.67 Å². The molecule has 17 heavy (non-hydrogen) atoms. The SMILES string of the molecule is Cc1nnc(C2CC(F)(F)C2)n1CCC(=O)O. The van der Waals surface area contributed by atoms with Crippen molar-refractivity contribution >= 4 is 5.97 Å². The average Bonchev–Trinajstić information content (AvgIpc) is 2.52. The molecule has 0 spiro atoms. The standard InChI is InChI=1S/C10H13F2N3O2/c1-6-13-14-9(7-4-10(11,12)5-7)15(6)3-2-8(16)17/h7H,2-5H2,1H3,(H,16,17). The molecule has 0 aliphatic heterocycles. The summed E-state index contributed by atoms with van der Waals surface area (Å²) in [6, 6.07) is 0. The number of aryl methyl sites for hydroxylation is 1. The Hall–Kier alpha value is -1.53. The van der Waals surface area contributed by atoms with Gasteiger partial charge in [-0.2, -0.15) is 0 Å². The molecule has 7 heteroatoms. The molecular formula is C10H13F2N3O2. The summed E-state index contributed by atoms with van der Waals surface area (Å²) < 4.78 is 27.2. The fraction of sp³-hybridized carbons (Fsp3) is 0.700. The third kappa shape index (κ3) is 2.42. The van der Waals surface area contributed by atoms with Crippen molar-refractivity contribution in [2.45, 2.75) is 44.6 Å². The number of halogens is 2. The van der Waals surface area contributed by atoms with Gasteiger partial charge in [-0.15, -0.1) is 10.2 Å². The van der Waals surface area contributed by atoms with Crippen molar-refractivity contribution in [2.75, 3.05) is 0 Å². The summed E-state index contributed by atoms with van der Waals surface area (Å²) in [6.07, 6.45) is -0.509. The van der Waals surface area contributed by atoms with Crippen LogP contribution in [0.1, 0.15) is 36.8 Å². The van der Waals surface area contributed by atoms with Gasteiger partial charge in [-0.1, -0.05) is 0 Å². The third-order valence-corrected chi connectivity index (χ3v) is 2.97. The minimum Gasteiger partial charge on any atom is -0.481 e. The van der Waals surface area contributed by atoms with Crippen LogP contribution in [-0.4, -0.2) is 31.8 Å². The van der Waals surface area contributed by atoms with Gasteiger partial charge in [-0.05, 0) is 6.92 Å². The Balaban J connectivity index is 2.10. The second-order valence-electron chi connectivity index (χ2n) is 4.36. The quantitative estimate of drug-likeness (QED) is 0.874. The van der Waals surface area contributed by atoms with E-state index >= 15 is 0 Å². The summed E-state index contributed by atoms with van der Waals surface area (Å²) in [5, 5.41) is 16.3. The normalized spacial score (nSPS) is 19.0. The summed E-state index contributed by atoms with van der Waals surface area (Å²) in [6.45, 7) is 1.92. The van der Waals surface area contributed by atoms with Gasteiger partial charge in [0.25, 0.3) is 0 Å². The first-order valence-corrected chi connectivity index (χ1v) is 5.38. The van der Waals surface area contributed by atoms with E-state index in [2.05, 4.69) is 10.2 Å². The van der Waals surface area contributed by atoms with Crippen LogP contribution in [0.25, 0.3) is 0 Å². The Kier molecular flexibility index (Phi) is 2.84. The second-order valence-corrected chi connectivity index (χ2v) is 4.36. The van der Waals surface area contributed by atoms with E-state index in [1.54, 1.807) is 11.5 Å². The maximum absolute atomic E-state index is 12.8. The van der Waals surface area contributed by atoms with Crippen molar-refractivity contribution in [1.82, 2.24) is 14.8 Å². The lowest BCUT2D eigenvalue weighted by atomic mass is 9.81. The minimum atomic E-state index is -2.61. The molecule has 1 aromatic heterocycles. The summed E-state index contributed by atoms with van der Waals surface area (Å²) in [7, 11) is 0. The van der Waals surface area contributed by atoms with E-state index in [-0.39, 0.29) is 31.7 Å². The summed E-state index contributed by atoms with van der Waals surface area (Å²) in [5.41, 5.74) is 0. The van der Waals surface area contributed by atoms with E-state index in [0.29, 0.717) is 11.6 Å². The number of hydrogen-bond donors (Lipinski definition) is 1. The number of carboxylic acid groups (broad SMARTS) is 1. The molecule has 0 aromatic carbocycles. The first-order chi connectivity index (χ1) is 7.89. The van der Waals surface area contributed by atoms with E-state index in [1.165, 1.54) is 0 Å². The molecule has 1 aliphatic rings. The molecule has 1 aromatic rings. The van der Waals surface area contributed by atoms with Gasteiger partial charge in [-0.25, -0.2) is 8.78 Å². The van der Waals surface area contributed by atoms with Crippen LogP contribution in [0.15, 0.2) is 0 Å². The first kappa shape index (κ1) is 11.9. The number of rotatable bonds is 4. The molecule has 0 unspecified atom stereocenters. The molecule has 94 valence electrons. The highest BCUT2D eigenvalue weighted by Gasteiger charge is 2.48. The molecule has 1 fully saturated rings. The minimum absolute atomic E-state index is 0.0605. The van der Waals surface area contributed by atoms with Crippen molar-refractivity contribution in [3.05, 3.63) is 11.6 Å². The van der Waals surface area contributed by atoms with Crippen molar-refractivity contribution < 1.29 is 18.7 Å². The molecule has 0 atom stereocenters. The third-order valence-electron chi connectivity index (χ3n) is 2.97. The number of nitrogens with zero attached hydrogens (tertiary/aromatic N) is 3. The van der Waals surface area contributed by atoms with Crippen LogP contribution in [0.2, 0.25) is 0 Å². The van der Waals surface area contributed by atoms with Gasteiger partial charge in [0.05, 0.1) is 6.42 Å². The van der Waals surface area contributed by atoms with Gasteiger partial charge in [0.15, 0.2) is 0 Å². The number of carboxylic acids is 1. The van der Waals surface area contributed by atoms with Gasteiger partial charge in [0.1, 0.15) is 11.6 Å². The fourth-order valence-electron chi connectivity index (χ4n) is 2.03. The van der Waals surface area contributed by atoms with E-state index in [0.717, 1.165) is 0 Å². The Morgan fingerprint density at radius 1 is 1.53 bits per heavy atom. The lowest BCUT2D eigenvalue weighted by Crippen LogP contribution is -2.35. The van der Waals surface area contributed by atoms with Gasteiger partial charge in [0.2, 0.25) is 5.92 Å². The van der Waals surface area contributed by atoms with Crippen LogP contribution in [0, 0.1) is 6.92 Å². The predicted octanol–water partition coefficient (Wildman–Crippen LogP) is 1.57. The summed E-state index contributed by atoms with van der Waals surface area (Å²) in [5.74, 6) is -2.79. The second kappa shape index (κ2) is 4.05. The lowest BCUT2D eigenvalue weighted by Gasteiger charge is -2.34. The van der Waals surface area contributed by atoms with Crippen LogP contribution < -0.4 is 0 Å². The summed E-state index contributed by atoms with van der Waals surface area (Å²) in [4.78, 5) is 10.5. The highest BCUT2D eigenvalue weighted by Crippen LogP contribution is 2.47. The Morgan fingerprint density at radius 3 is 2.71 bits per heavy atom. The van der Waals surface area contributed by atoms with Crippen molar-refractivity contribution in [2.24, 2.45) is 0 Å². The van der Waals surface area contributed by atoms with Crippen LogP contribution in [-0.2, 0) is 11.3 Å². The monoisotopic (exact) mass is 245 g/mol. The average molecular weight is 245 g/mol. The molecule has 0 bridgehead atoms. The Morgan fingerprint density at radius 2 is 2.18 bits per heavy atom. The maximum Gasteiger partial charge on any atom is 0.305 e. The molecule has 0 saturated heterocycles. The zero-order valence-corrected chi connectivity index (χ0v) is 9.36. The number of hydrogen-bond acceptors (Lipinski definition) is 3. The highest BCUT2D eigenvalue weighted by molar-refractivity contribution is 5.66. The lowest BCUT2D eigenvalue weighted by molar-refractivity contribution is -0.137. The van der Waals surface area contributed by atoms with Crippen molar-refractivity contribution in [3.8, 4) is 0 Å². The first-order valence-electron chi connectivity index (χ1n) is 5.38. The van der Waals surface area contributed by atoms with Crippen LogP contribution >= 0.6 is 0 Å². The molecular weight excluding hydrogens is 232 g/mol. The number of carbonyl (C=O) groups is 1. The fourth-order valence-corrected chi connectivity index (χ4v) is 2.03. The van der Waals surface area contributed by atoms with Gasteiger partial charge >= 0.3 is 5.97 Å². The number of aromatic nitrogens is 3. The topological polar surface area (TPSA) is 68.0 Å². The molecule has 0 radical (unpaired) electrons. The predicted molar refractivity (Wildman–Crippen MR) is 53.9 cm³/mol. The highest BCUT2D eigenvalue weighted by atomic mass is 19.3. The Bertz CT molecular complexity index is 437. The van der Waals surface area contributed by atoms with Crippen LogP contribution in [0.5, 0.6) is 0 Å². The van der Waals surface area contributed by atoms with Crippen molar-refractivity contribution in [1.29, 1.82) is 0 Å². The Labute approximate surface area is 96.5 Å². The zero-order chi connectivity index (χ0) is 12.6. The smallest absolute Gasteiger partial charge is 0.305 e.